The molecule has 0 heterocycles. The standard InChI is InChI=1S/C22H28N4O2/c1-21(2,3)19(27)23-16-12-13-17(26-25-15-10-8-7-9-11-15)18(14-16)24-20(28)22(4,5)6/h7-14H,1-6H3,(H,23,27)(H,24,28). The summed E-state index contributed by atoms with van der Waals surface area (Å²) in [4.78, 5) is 24.8. The second-order valence-corrected chi connectivity index (χ2v) is 8.68. The largest absolute Gasteiger partial charge is 0.326 e. The number of nitrogens with one attached hydrogen (secondary N) is 2. The van der Waals surface area contributed by atoms with E-state index in [4.69, 9.17) is 0 Å². The molecule has 2 aromatic carbocycles. The molecule has 2 rings (SSSR count). The predicted octanol–water partition coefficient (Wildman–Crippen LogP) is 6.07. The average Bonchev–Trinajstić information content (AvgIpc) is 2.60. The van der Waals surface area contributed by atoms with Crippen molar-refractivity contribution in [1.29, 1.82) is 0 Å². The van der Waals surface area contributed by atoms with Gasteiger partial charge in [0, 0.05) is 16.5 Å². The minimum absolute atomic E-state index is 0.112. The van der Waals surface area contributed by atoms with E-state index in [2.05, 4.69) is 20.9 Å². The van der Waals surface area contributed by atoms with Crippen molar-refractivity contribution in [1.82, 2.24) is 0 Å². The van der Waals surface area contributed by atoms with Crippen LogP contribution in [0.15, 0.2) is 58.8 Å². The van der Waals surface area contributed by atoms with E-state index in [1.165, 1.54) is 0 Å². The third kappa shape index (κ3) is 6.01. The summed E-state index contributed by atoms with van der Waals surface area (Å²) < 4.78 is 0. The third-order valence-corrected chi connectivity index (χ3v) is 3.89. The minimum atomic E-state index is -0.571. The van der Waals surface area contributed by atoms with Crippen LogP contribution < -0.4 is 10.6 Å². The van der Waals surface area contributed by atoms with Crippen LogP contribution in [0.4, 0.5) is 22.7 Å². The summed E-state index contributed by atoms with van der Waals surface area (Å²) in [5, 5.41) is 14.3. The van der Waals surface area contributed by atoms with E-state index in [-0.39, 0.29) is 11.8 Å². The fraction of sp³-hybridized carbons (Fsp3) is 0.364. The number of anilines is 2. The molecular formula is C22H28N4O2. The second-order valence-electron chi connectivity index (χ2n) is 8.68. The first kappa shape index (κ1) is 21.3. The van der Waals surface area contributed by atoms with Crippen molar-refractivity contribution in [2.75, 3.05) is 10.6 Å². The molecule has 148 valence electrons. The number of benzene rings is 2. The van der Waals surface area contributed by atoms with Crippen LogP contribution in [0, 0.1) is 10.8 Å². The van der Waals surface area contributed by atoms with Crippen molar-refractivity contribution in [3.63, 3.8) is 0 Å². The number of azo groups is 1. The lowest BCUT2D eigenvalue weighted by atomic mass is 9.95. The highest BCUT2D eigenvalue weighted by atomic mass is 16.2. The third-order valence-electron chi connectivity index (χ3n) is 3.89. The molecule has 0 saturated heterocycles. The zero-order chi connectivity index (χ0) is 20.9. The summed E-state index contributed by atoms with van der Waals surface area (Å²) >= 11 is 0. The van der Waals surface area contributed by atoms with Gasteiger partial charge in [-0.1, -0.05) is 59.7 Å². The van der Waals surface area contributed by atoms with Gasteiger partial charge in [-0.3, -0.25) is 9.59 Å². The molecule has 0 aliphatic rings. The number of carbonyl (C=O) groups excluding carboxylic acids is 2. The van der Waals surface area contributed by atoms with Crippen LogP contribution in [-0.4, -0.2) is 11.8 Å². The van der Waals surface area contributed by atoms with E-state index in [1.54, 1.807) is 18.2 Å². The second kappa shape index (κ2) is 8.33. The highest BCUT2D eigenvalue weighted by Crippen LogP contribution is 2.32. The molecule has 0 aliphatic heterocycles. The Hall–Kier alpha value is -3.02. The molecule has 6 heteroatoms. The highest BCUT2D eigenvalue weighted by molar-refractivity contribution is 5.99. The van der Waals surface area contributed by atoms with Gasteiger partial charge < -0.3 is 10.6 Å². The van der Waals surface area contributed by atoms with Gasteiger partial charge in [-0.15, -0.1) is 5.11 Å². The molecule has 0 bridgehead atoms. The van der Waals surface area contributed by atoms with E-state index in [1.807, 2.05) is 71.9 Å². The van der Waals surface area contributed by atoms with E-state index < -0.39 is 10.8 Å². The smallest absolute Gasteiger partial charge is 0.229 e. The summed E-state index contributed by atoms with van der Waals surface area (Å²) in [5.74, 6) is -0.262. The number of hydrogen-bond acceptors (Lipinski definition) is 4. The molecule has 6 nitrogen and oxygen atoms in total. The van der Waals surface area contributed by atoms with Crippen LogP contribution in [-0.2, 0) is 9.59 Å². The molecule has 2 N–H and O–H groups in total. The van der Waals surface area contributed by atoms with Crippen LogP contribution >= 0.6 is 0 Å². The number of amides is 2. The number of rotatable bonds is 4. The van der Waals surface area contributed by atoms with Crippen LogP contribution in [0.5, 0.6) is 0 Å². The van der Waals surface area contributed by atoms with Gasteiger partial charge in [-0.05, 0) is 30.3 Å². The van der Waals surface area contributed by atoms with Gasteiger partial charge in [0.2, 0.25) is 11.8 Å². The lowest BCUT2D eigenvalue weighted by Crippen LogP contribution is -2.28. The van der Waals surface area contributed by atoms with Gasteiger partial charge >= 0.3 is 0 Å². The molecule has 0 aliphatic carbocycles. The maximum Gasteiger partial charge on any atom is 0.229 e. The fourth-order valence-corrected chi connectivity index (χ4v) is 2.04. The first-order chi connectivity index (χ1) is 13.0. The highest BCUT2D eigenvalue weighted by Gasteiger charge is 2.24. The van der Waals surface area contributed by atoms with Crippen molar-refractivity contribution in [3.8, 4) is 0 Å². The molecule has 0 saturated carbocycles. The Morgan fingerprint density at radius 2 is 1.32 bits per heavy atom. The first-order valence-electron chi connectivity index (χ1n) is 9.20. The normalized spacial score (nSPS) is 12.1. The Bertz CT molecular complexity index is 876. The Balaban J connectivity index is 2.36. The summed E-state index contributed by atoms with van der Waals surface area (Å²) in [6.45, 7) is 11.0. The molecule has 0 fully saturated rings. The predicted molar refractivity (Wildman–Crippen MR) is 113 cm³/mol. The number of carbonyl (C=O) groups is 2. The van der Waals surface area contributed by atoms with Crippen LogP contribution in [0.3, 0.4) is 0 Å². The Kier molecular flexibility index (Phi) is 6.33. The summed E-state index contributed by atoms with van der Waals surface area (Å²) in [7, 11) is 0. The van der Waals surface area contributed by atoms with Gasteiger partial charge in [0.1, 0.15) is 5.69 Å². The van der Waals surface area contributed by atoms with Crippen molar-refractivity contribution in [3.05, 3.63) is 48.5 Å². The fourth-order valence-electron chi connectivity index (χ4n) is 2.04. The van der Waals surface area contributed by atoms with Crippen LogP contribution in [0.25, 0.3) is 0 Å². The van der Waals surface area contributed by atoms with E-state index in [0.29, 0.717) is 22.7 Å². The average molecular weight is 380 g/mol. The van der Waals surface area contributed by atoms with Crippen molar-refractivity contribution in [2.24, 2.45) is 21.1 Å². The zero-order valence-electron chi connectivity index (χ0n) is 17.3. The Morgan fingerprint density at radius 1 is 0.750 bits per heavy atom. The van der Waals surface area contributed by atoms with Gasteiger partial charge in [0.05, 0.1) is 11.4 Å². The first-order valence-corrected chi connectivity index (χ1v) is 9.20. The Labute approximate surface area is 166 Å². The molecule has 28 heavy (non-hydrogen) atoms. The lowest BCUT2D eigenvalue weighted by molar-refractivity contribution is -0.123. The van der Waals surface area contributed by atoms with E-state index >= 15 is 0 Å². The molecular weight excluding hydrogens is 352 g/mol. The lowest BCUT2D eigenvalue weighted by Gasteiger charge is -2.20. The van der Waals surface area contributed by atoms with Gasteiger partial charge in [-0.25, -0.2) is 0 Å². The Morgan fingerprint density at radius 3 is 1.89 bits per heavy atom. The van der Waals surface area contributed by atoms with Crippen molar-refractivity contribution >= 4 is 34.6 Å². The summed E-state index contributed by atoms with van der Waals surface area (Å²) in [6, 6.07) is 14.5. The van der Waals surface area contributed by atoms with Crippen LogP contribution in [0.2, 0.25) is 0 Å². The van der Waals surface area contributed by atoms with Crippen molar-refractivity contribution in [2.45, 2.75) is 41.5 Å². The summed E-state index contributed by atoms with van der Waals surface area (Å²) in [5.41, 5.74) is 1.20. The molecule has 2 aromatic rings. The van der Waals surface area contributed by atoms with Gasteiger partial charge in [0.25, 0.3) is 0 Å². The van der Waals surface area contributed by atoms with Crippen LogP contribution in [0.1, 0.15) is 41.5 Å². The van der Waals surface area contributed by atoms with Gasteiger partial charge in [-0.2, -0.15) is 5.11 Å². The maximum absolute atomic E-state index is 12.5. The molecule has 0 atom stereocenters. The molecule has 0 spiro atoms. The zero-order valence-corrected chi connectivity index (χ0v) is 17.3. The van der Waals surface area contributed by atoms with Gasteiger partial charge in [0.15, 0.2) is 0 Å². The number of hydrogen-bond donors (Lipinski definition) is 2. The maximum atomic E-state index is 12.5. The van der Waals surface area contributed by atoms with E-state index in [0.717, 1.165) is 0 Å². The molecule has 2 amide bonds. The number of nitrogens with zero attached hydrogens (tertiary/aromatic N) is 2. The summed E-state index contributed by atoms with van der Waals surface area (Å²) in [6.07, 6.45) is 0. The topological polar surface area (TPSA) is 82.9 Å². The SMILES string of the molecule is CC(C)(C)C(=O)Nc1ccc(N=Nc2ccccc2)c(NC(=O)C(C)(C)C)c1. The molecule has 0 unspecified atom stereocenters. The molecule has 0 aromatic heterocycles. The van der Waals surface area contributed by atoms with Crippen molar-refractivity contribution < 1.29 is 9.59 Å². The van der Waals surface area contributed by atoms with E-state index in [9.17, 15) is 9.59 Å². The monoisotopic (exact) mass is 380 g/mol. The molecule has 0 radical (unpaired) electrons. The minimum Gasteiger partial charge on any atom is -0.326 e. The quantitative estimate of drug-likeness (QED) is 0.631.